The minimum atomic E-state index is 0.0458. The molecule has 2 N–H and O–H groups in total. The smallest absolute Gasteiger partial charge is 0.255 e. The zero-order valence-corrected chi connectivity index (χ0v) is 16.3. The Morgan fingerprint density at radius 1 is 1.19 bits per heavy atom. The molecule has 1 saturated heterocycles. The molecule has 2 atom stereocenters. The van der Waals surface area contributed by atoms with Crippen LogP contribution < -0.4 is 10.6 Å². The van der Waals surface area contributed by atoms with Crippen molar-refractivity contribution in [2.45, 2.75) is 26.2 Å². The van der Waals surface area contributed by atoms with Crippen LogP contribution in [0.4, 0.5) is 5.82 Å². The molecule has 3 rings (SSSR count). The van der Waals surface area contributed by atoms with Crippen LogP contribution in [0.25, 0.3) is 0 Å². The van der Waals surface area contributed by atoms with E-state index in [0.29, 0.717) is 37.0 Å². The first-order chi connectivity index (χ1) is 13.2. The Morgan fingerprint density at radius 2 is 1.96 bits per heavy atom. The molecule has 0 unspecified atom stereocenters. The fourth-order valence-electron chi connectivity index (χ4n) is 3.94. The number of likely N-dealkylation sites (tertiary alicyclic amines) is 1. The van der Waals surface area contributed by atoms with Crippen LogP contribution in [0.3, 0.4) is 0 Å². The number of aromatic nitrogens is 1. The SMILES string of the molecule is CCCN(CC)c1ccc(C(=O)N2C[C@@H](CN)[C@H](c3ccccc3)C2)cn1. The van der Waals surface area contributed by atoms with Crippen molar-refractivity contribution in [2.75, 3.05) is 37.6 Å². The molecule has 27 heavy (non-hydrogen) atoms. The molecule has 1 amide bonds. The maximum atomic E-state index is 13.0. The van der Waals surface area contributed by atoms with Crippen molar-refractivity contribution < 1.29 is 4.79 Å². The van der Waals surface area contributed by atoms with Gasteiger partial charge in [-0.05, 0) is 43.5 Å². The summed E-state index contributed by atoms with van der Waals surface area (Å²) >= 11 is 0. The number of rotatable bonds is 7. The van der Waals surface area contributed by atoms with Gasteiger partial charge in [-0.25, -0.2) is 4.98 Å². The van der Waals surface area contributed by atoms with Crippen molar-refractivity contribution in [2.24, 2.45) is 11.7 Å². The second-order valence-electron chi connectivity index (χ2n) is 7.21. The molecule has 0 saturated carbocycles. The van der Waals surface area contributed by atoms with Crippen molar-refractivity contribution >= 4 is 11.7 Å². The molecular formula is C22H30N4O. The van der Waals surface area contributed by atoms with Gasteiger partial charge >= 0.3 is 0 Å². The zero-order chi connectivity index (χ0) is 19.2. The molecular weight excluding hydrogens is 336 g/mol. The highest BCUT2D eigenvalue weighted by atomic mass is 16.2. The fraction of sp³-hybridized carbons (Fsp3) is 0.455. The molecule has 5 heteroatoms. The van der Waals surface area contributed by atoms with Crippen LogP contribution in [0.15, 0.2) is 48.7 Å². The van der Waals surface area contributed by atoms with Crippen LogP contribution in [0, 0.1) is 5.92 Å². The van der Waals surface area contributed by atoms with E-state index >= 15 is 0 Å². The standard InChI is InChI=1S/C22H30N4O/c1-3-12-25(4-2)21-11-10-18(14-24-21)22(27)26-15-19(13-23)20(16-26)17-8-6-5-7-9-17/h5-11,14,19-20H,3-4,12-13,15-16,23H2,1-2H3/t19-,20+/m1/s1. The molecule has 1 aromatic heterocycles. The van der Waals surface area contributed by atoms with E-state index in [4.69, 9.17) is 5.73 Å². The second-order valence-corrected chi connectivity index (χ2v) is 7.21. The van der Waals surface area contributed by atoms with Gasteiger partial charge in [-0.2, -0.15) is 0 Å². The van der Waals surface area contributed by atoms with Gasteiger partial charge < -0.3 is 15.5 Å². The average Bonchev–Trinajstić information content (AvgIpc) is 3.17. The lowest BCUT2D eigenvalue weighted by Gasteiger charge is -2.21. The lowest BCUT2D eigenvalue weighted by Crippen LogP contribution is -2.30. The summed E-state index contributed by atoms with van der Waals surface area (Å²) in [6.07, 6.45) is 2.79. The van der Waals surface area contributed by atoms with Gasteiger partial charge in [0.2, 0.25) is 0 Å². The van der Waals surface area contributed by atoms with Crippen LogP contribution in [0.5, 0.6) is 0 Å². The third kappa shape index (κ3) is 4.30. The molecule has 2 aromatic rings. The molecule has 1 fully saturated rings. The van der Waals surface area contributed by atoms with Crippen molar-refractivity contribution in [1.29, 1.82) is 0 Å². The number of carbonyl (C=O) groups is 1. The van der Waals surface area contributed by atoms with Crippen molar-refractivity contribution in [3.8, 4) is 0 Å². The molecule has 1 aliphatic rings. The topological polar surface area (TPSA) is 62.5 Å². The number of amides is 1. The number of pyridine rings is 1. The summed E-state index contributed by atoms with van der Waals surface area (Å²) in [4.78, 5) is 21.7. The Morgan fingerprint density at radius 3 is 2.56 bits per heavy atom. The fourth-order valence-corrected chi connectivity index (χ4v) is 3.94. The number of nitrogens with two attached hydrogens (primary N) is 1. The van der Waals surface area contributed by atoms with Gasteiger partial charge in [0.1, 0.15) is 5.82 Å². The first-order valence-electron chi connectivity index (χ1n) is 9.93. The number of nitrogens with zero attached hydrogens (tertiary/aromatic N) is 3. The highest BCUT2D eigenvalue weighted by Gasteiger charge is 2.35. The van der Waals surface area contributed by atoms with Crippen molar-refractivity contribution in [3.05, 3.63) is 59.8 Å². The largest absolute Gasteiger partial charge is 0.357 e. The number of hydrogen-bond acceptors (Lipinski definition) is 4. The van der Waals surface area contributed by atoms with Gasteiger partial charge in [0.25, 0.3) is 5.91 Å². The van der Waals surface area contributed by atoms with E-state index in [2.05, 4.69) is 35.9 Å². The van der Waals surface area contributed by atoms with E-state index in [9.17, 15) is 4.79 Å². The Hall–Kier alpha value is -2.40. The Bertz CT molecular complexity index is 732. The highest BCUT2D eigenvalue weighted by Crippen LogP contribution is 2.32. The summed E-state index contributed by atoms with van der Waals surface area (Å²) in [5, 5.41) is 0. The number of anilines is 1. The van der Waals surface area contributed by atoms with Gasteiger partial charge in [0, 0.05) is 38.3 Å². The maximum Gasteiger partial charge on any atom is 0.255 e. The molecule has 0 radical (unpaired) electrons. The third-order valence-electron chi connectivity index (χ3n) is 5.45. The first kappa shape index (κ1) is 19.4. The quantitative estimate of drug-likeness (QED) is 0.818. The zero-order valence-electron chi connectivity index (χ0n) is 16.3. The molecule has 0 spiro atoms. The summed E-state index contributed by atoms with van der Waals surface area (Å²) in [5.74, 6) is 1.57. The van der Waals surface area contributed by atoms with Crippen LogP contribution >= 0.6 is 0 Å². The highest BCUT2D eigenvalue weighted by molar-refractivity contribution is 5.94. The molecule has 2 heterocycles. The summed E-state index contributed by atoms with van der Waals surface area (Å²) in [5.41, 5.74) is 7.91. The van der Waals surface area contributed by atoms with Gasteiger partial charge in [0.15, 0.2) is 0 Å². The van der Waals surface area contributed by atoms with Crippen LogP contribution in [0.2, 0.25) is 0 Å². The van der Waals surface area contributed by atoms with E-state index in [-0.39, 0.29) is 5.91 Å². The summed E-state index contributed by atoms with van der Waals surface area (Å²) in [6, 6.07) is 14.2. The predicted octanol–water partition coefficient (Wildman–Crippen LogP) is 3.13. The van der Waals surface area contributed by atoms with Crippen molar-refractivity contribution in [3.63, 3.8) is 0 Å². The van der Waals surface area contributed by atoms with Crippen LogP contribution in [-0.2, 0) is 0 Å². The van der Waals surface area contributed by atoms with E-state index in [1.54, 1.807) is 6.20 Å². The van der Waals surface area contributed by atoms with E-state index in [1.807, 2.05) is 35.2 Å². The van der Waals surface area contributed by atoms with Crippen LogP contribution in [0.1, 0.15) is 42.1 Å². The molecule has 0 aliphatic carbocycles. The Kier molecular flexibility index (Phi) is 6.45. The second kappa shape index (κ2) is 9.00. The van der Waals surface area contributed by atoms with Crippen LogP contribution in [-0.4, -0.2) is 48.5 Å². The van der Waals surface area contributed by atoms with E-state index in [0.717, 1.165) is 25.3 Å². The number of carbonyl (C=O) groups excluding carboxylic acids is 1. The number of hydrogen-bond donors (Lipinski definition) is 1. The monoisotopic (exact) mass is 366 g/mol. The molecule has 144 valence electrons. The van der Waals surface area contributed by atoms with Crippen molar-refractivity contribution in [1.82, 2.24) is 9.88 Å². The first-order valence-corrected chi connectivity index (χ1v) is 9.93. The van der Waals surface area contributed by atoms with Gasteiger partial charge in [0.05, 0.1) is 5.56 Å². The molecule has 1 aliphatic heterocycles. The van der Waals surface area contributed by atoms with E-state index < -0.39 is 0 Å². The lowest BCUT2D eigenvalue weighted by atomic mass is 9.89. The normalized spacial score (nSPS) is 19.3. The van der Waals surface area contributed by atoms with Gasteiger partial charge in [-0.3, -0.25) is 4.79 Å². The lowest BCUT2D eigenvalue weighted by molar-refractivity contribution is 0.0786. The minimum absolute atomic E-state index is 0.0458. The van der Waals surface area contributed by atoms with Gasteiger partial charge in [-0.15, -0.1) is 0 Å². The maximum absolute atomic E-state index is 13.0. The Balaban J connectivity index is 1.72. The Labute approximate surface area is 162 Å². The molecule has 0 bridgehead atoms. The average molecular weight is 367 g/mol. The molecule has 5 nitrogen and oxygen atoms in total. The minimum Gasteiger partial charge on any atom is -0.357 e. The third-order valence-corrected chi connectivity index (χ3v) is 5.45. The summed E-state index contributed by atoms with van der Waals surface area (Å²) in [7, 11) is 0. The molecule has 1 aromatic carbocycles. The summed E-state index contributed by atoms with van der Waals surface area (Å²) in [6.45, 7) is 8.17. The number of benzene rings is 1. The van der Waals surface area contributed by atoms with E-state index in [1.165, 1.54) is 5.56 Å². The summed E-state index contributed by atoms with van der Waals surface area (Å²) < 4.78 is 0. The van der Waals surface area contributed by atoms with Gasteiger partial charge in [-0.1, -0.05) is 37.3 Å². The predicted molar refractivity (Wildman–Crippen MR) is 110 cm³/mol.